The number of nitro benzene ring substituents is 1. The number of benzene rings is 3. The Hall–Kier alpha value is -3.46. The molecule has 4 rings (SSSR count). The Balaban J connectivity index is 1.44. The van der Waals surface area contributed by atoms with E-state index in [0.717, 1.165) is 22.9 Å². The molecule has 0 saturated carbocycles. The van der Waals surface area contributed by atoms with Crippen LogP contribution in [0.4, 0.5) is 24.5 Å². The van der Waals surface area contributed by atoms with Gasteiger partial charge in [-0.1, -0.05) is 36.4 Å². The molecule has 32 heavy (non-hydrogen) atoms. The number of piperazine rings is 1. The lowest BCUT2D eigenvalue weighted by Crippen LogP contribution is -2.48. The number of halogens is 3. The van der Waals surface area contributed by atoms with E-state index in [9.17, 15) is 28.1 Å². The summed E-state index contributed by atoms with van der Waals surface area (Å²) in [4.78, 5) is 26.2. The zero-order valence-electron chi connectivity index (χ0n) is 17.0. The van der Waals surface area contributed by atoms with Crippen LogP contribution in [0.15, 0.2) is 60.7 Å². The van der Waals surface area contributed by atoms with Gasteiger partial charge in [-0.25, -0.2) is 0 Å². The fourth-order valence-electron chi connectivity index (χ4n) is 3.94. The number of Topliss-reactive ketones (excluding diaryl/α,β-unsaturated/α-hetero) is 1. The Kier molecular flexibility index (Phi) is 5.84. The summed E-state index contributed by atoms with van der Waals surface area (Å²) in [6, 6.07) is 16.1. The molecule has 0 radical (unpaired) electrons. The van der Waals surface area contributed by atoms with Crippen LogP contribution >= 0.6 is 0 Å². The van der Waals surface area contributed by atoms with E-state index in [-0.39, 0.29) is 31.1 Å². The molecule has 1 saturated heterocycles. The summed E-state index contributed by atoms with van der Waals surface area (Å²) in [5.41, 5.74) is -1.10. The quantitative estimate of drug-likeness (QED) is 0.323. The highest BCUT2D eigenvalue weighted by molar-refractivity contribution is 6.01. The van der Waals surface area contributed by atoms with Crippen molar-refractivity contribution in [1.29, 1.82) is 0 Å². The van der Waals surface area contributed by atoms with Gasteiger partial charge in [-0.15, -0.1) is 0 Å². The average molecular weight is 443 g/mol. The summed E-state index contributed by atoms with van der Waals surface area (Å²) in [6.07, 6.45) is -4.70. The van der Waals surface area contributed by atoms with Crippen LogP contribution in [0.3, 0.4) is 0 Å². The van der Waals surface area contributed by atoms with E-state index in [1.54, 1.807) is 11.0 Å². The molecule has 1 aliphatic rings. The van der Waals surface area contributed by atoms with Gasteiger partial charge in [-0.3, -0.25) is 19.8 Å². The number of alkyl halides is 3. The minimum atomic E-state index is -4.70. The van der Waals surface area contributed by atoms with Crippen LogP contribution in [0, 0.1) is 10.1 Å². The maximum Gasteiger partial charge on any atom is 0.418 e. The maximum absolute atomic E-state index is 13.5. The van der Waals surface area contributed by atoms with Crippen molar-refractivity contribution in [3.63, 3.8) is 0 Å². The Morgan fingerprint density at radius 1 is 0.938 bits per heavy atom. The van der Waals surface area contributed by atoms with Crippen molar-refractivity contribution in [2.45, 2.75) is 6.18 Å². The molecule has 1 heterocycles. The predicted octanol–water partition coefficient (Wildman–Crippen LogP) is 4.77. The van der Waals surface area contributed by atoms with Crippen LogP contribution in [0.1, 0.15) is 15.9 Å². The molecule has 0 aromatic heterocycles. The number of nitrogens with zero attached hydrogens (tertiary/aromatic N) is 3. The van der Waals surface area contributed by atoms with Gasteiger partial charge in [0.15, 0.2) is 5.78 Å². The number of nitro groups is 1. The molecule has 166 valence electrons. The van der Waals surface area contributed by atoms with Crippen molar-refractivity contribution in [3.05, 3.63) is 81.9 Å². The van der Waals surface area contributed by atoms with Gasteiger partial charge < -0.3 is 4.90 Å². The molecule has 0 N–H and O–H groups in total. The van der Waals surface area contributed by atoms with Crippen LogP contribution in [-0.4, -0.2) is 48.3 Å². The second kappa shape index (κ2) is 8.58. The summed E-state index contributed by atoms with van der Waals surface area (Å²) in [5.74, 6) is -0.0458. The minimum absolute atomic E-state index is 0.0458. The first kappa shape index (κ1) is 21.8. The van der Waals surface area contributed by atoms with E-state index < -0.39 is 22.4 Å². The van der Waals surface area contributed by atoms with Gasteiger partial charge in [0.1, 0.15) is 0 Å². The number of fused-ring (bicyclic) bond motifs is 1. The lowest BCUT2D eigenvalue weighted by Gasteiger charge is -2.36. The first-order valence-corrected chi connectivity index (χ1v) is 10.1. The van der Waals surface area contributed by atoms with E-state index in [0.29, 0.717) is 24.7 Å². The lowest BCUT2D eigenvalue weighted by atomic mass is 10.0. The van der Waals surface area contributed by atoms with E-state index >= 15 is 0 Å². The molecule has 0 bridgehead atoms. The third-order valence-corrected chi connectivity index (χ3v) is 5.65. The number of hydrogen-bond donors (Lipinski definition) is 0. The molecule has 0 unspecified atom stereocenters. The highest BCUT2D eigenvalue weighted by Crippen LogP contribution is 2.39. The van der Waals surface area contributed by atoms with Crippen LogP contribution in [0.5, 0.6) is 0 Å². The molecule has 0 aliphatic carbocycles. The number of ketones is 1. The molecule has 9 heteroatoms. The number of anilines is 1. The molecule has 1 aliphatic heterocycles. The molecule has 6 nitrogen and oxygen atoms in total. The van der Waals surface area contributed by atoms with Crippen molar-refractivity contribution in [2.75, 3.05) is 37.6 Å². The highest BCUT2D eigenvalue weighted by atomic mass is 19.4. The minimum Gasteiger partial charge on any atom is -0.368 e. The van der Waals surface area contributed by atoms with Crippen molar-refractivity contribution < 1.29 is 22.9 Å². The van der Waals surface area contributed by atoms with Gasteiger partial charge >= 0.3 is 6.18 Å². The molecule has 3 aromatic rings. The maximum atomic E-state index is 13.5. The third-order valence-electron chi connectivity index (χ3n) is 5.65. The third kappa shape index (κ3) is 4.57. The molecule has 3 aromatic carbocycles. The smallest absolute Gasteiger partial charge is 0.368 e. The number of carbonyl (C=O) groups is 1. The van der Waals surface area contributed by atoms with Crippen molar-refractivity contribution in [2.24, 2.45) is 0 Å². The number of hydrogen-bond acceptors (Lipinski definition) is 5. The van der Waals surface area contributed by atoms with Gasteiger partial charge in [0.2, 0.25) is 0 Å². The van der Waals surface area contributed by atoms with Crippen LogP contribution < -0.4 is 4.90 Å². The Morgan fingerprint density at radius 3 is 2.28 bits per heavy atom. The molecular weight excluding hydrogens is 423 g/mol. The van der Waals surface area contributed by atoms with E-state index in [2.05, 4.69) is 0 Å². The largest absolute Gasteiger partial charge is 0.418 e. The zero-order valence-corrected chi connectivity index (χ0v) is 17.0. The monoisotopic (exact) mass is 443 g/mol. The first-order valence-electron chi connectivity index (χ1n) is 10.1. The van der Waals surface area contributed by atoms with Crippen LogP contribution in [-0.2, 0) is 6.18 Å². The topological polar surface area (TPSA) is 66.7 Å². The Bertz CT molecular complexity index is 1170. The van der Waals surface area contributed by atoms with E-state index in [1.807, 2.05) is 41.3 Å². The van der Waals surface area contributed by atoms with Crippen molar-refractivity contribution in [3.8, 4) is 0 Å². The Labute approximate surface area is 182 Å². The predicted molar refractivity (Wildman–Crippen MR) is 115 cm³/mol. The fraction of sp³-hybridized carbons (Fsp3) is 0.261. The van der Waals surface area contributed by atoms with Crippen molar-refractivity contribution in [1.82, 2.24) is 4.90 Å². The standard InChI is InChI=1S/C23H20F3N3O3/c24-23(25,26)20-14-19(29(31)32)7-8-21(20)28-11-9-27(10-12-28)15-22(30)18-6-5-16-3-1-2-4-17(16)13-18/h1-8,13-14H,9-12,15H2. The molecule has 0 atom stereocenters. The summed E-state index contributed by atoms with van der Waals surface area (Å²) in [6.45, 7) is 1.57. The zero-order chi connectivity index (χ0) is 22.9. The molecule has 0 spiro atoms. The summed E-state index contributed by atoms with van der Waals surface area (Å²) >= 11 is 0. The first-order chi connectivity index (χ1) is 15.2. The van der Waals surface area contributed by atoms with Gasteiger partial charge in [0, 0.05) is 49.6 Å². The molecule has 1 fully saturated rings. The van der Waals surface area contributed by atoms with Gasteiger partial charge in [0.05, 0.1) is 17.0 Å². The SMILES string of the molecule is O=C(CN1CCN(c2ccc([N+](=O)[O-])cc2C(F)(F)F)CC1)c1ccc2ccccc2c1. The number of non-ortho nitro benzene ring substituents is 1. The summed E-state index contributed by atoms with van der Waals surface area (Å²) < 4.78 is 40.5. The Morgan fingerprint density at radius 2 is 1.62 bits per heavy atom. The number of rotatable bonds is 5. The van der Waals surface area contributed by atoms with E-state index in [1.165, 1.54) is 0 Å². The number of carbonyl (C=O) groups excluding carboxylic acids is 1. The fourth-order valence-corrected chi connectivity index (χ4v) is 3.94. The van der Waals surface area contributed by atoms with Crippen molar-refractivity contribution >= 4 is 27.9 Å². The highest BCUT2D eigenvalue weighted by Gasteiger charge is 2.37. The molecular formula is C23H20F3N3O3. The van der Waals surface area contributed by atoms with Gasteiger partial charge in [0.25, 0.3) is 5.69 Å². The van der Waals surface area contributed by atoms with Crippen LogP contribution in [0.2, 0.25) is 0 Å². The second-order valence-electron chi connectivity index (χ2n) is 7.70. The van der Waals surface area contributed by atoms with Gasteiger partial charge in [-0.05, 0) is 22.9 Å². The summed E-state index contributed by atoms with van der Waals surface area (Å²) in [5, 5.41) is 12.9. The second-order valence-corrected chi connectivity index (χ2v) is 7.70. The molecule has 0 amide bonds. The summed E-state index contributed by atoms with van der Waals surface area (Å²) in [7, 11) is 0. The van der Waals surface area contributed by atoms with Gasteiger partial charge in [-0.2, -0.15) is 13.2 Å². The van der Waals surface area contributed by atoms with Crippen LogP contribution in [0.25, 0.3) is 10.8 Å². The van der Waals surface area contributed by atoms with E-state index in [4.69, 9.17) is 0 Å². The normalized spacial score (nSPS) is 15.2. The average Bonchev–Trinajstić information content (AvgIpc) is 2.78. The lowest BCUT2D eigenvalue weighted by molar-refractivity contribution is -0.385.